The summed E-state index contributed by atoms with van der Waals surface area (Å²) in [5, 5.41) is 0. The molecule has 0 spiro atoms. The first-order chi connectivity index (χ1) is 9.35. The average molecular weight is 276 g/mol. The van der Waals surface area contributed by atoms with Gasteiger partial charge in [-0.2, -0.15) is 0 Å². The molecule has 0 unspecified atom stereocenters. The molecule has 1 aliphatic rings. The zero-order valence-electron chi connectivity index (χ0n) is 11.9. The van der Waals surface area contributed by atoms with Gasteiger partial charge in [0.2, 0.25) is 0 Å². The number of hydrogen-bond donors (Lipinski definition) is 0. The lowest BCUT2D eigenvalue weighted by molar-refractivity contribution is -0.222. The van der Waals surface area contributed by atoms with Crippen LogP contribution in [0.25, 0.3) is 5.57 Å². The monoisotopic (exact) mass is 276 g/mol. The summed E-state index contributed by atoms with van der Waals surface area (Å²) in [7, 11) is 1.53. The minimum Gasteiger partial charge on any atom is -0.496 e. The van der Waals surface area contributed by atoms with Crippen LogP contribution in [-0.4, -0.2) is 24.8 Å². The second-order valence-electron chi connectivity index (χ2n) is 4.88. The van der Waals surface area contributed by atoms with Gasteiger partial charge >= 0.3 is 11.9 Å². The molecule has 5 nitrogen and oxygen atoms in total. The van der Waals surface area contributed by atoms with Crippen molar-refractivity contribution in [3.8, 4) is 5.75 Å². The van der Waals surface area contributed by atoms with E-state index in [-0.39, 0.29) is 5.57 Å². The van der Waals surface area contributed by atoms with Crippen LogP contribution in [-0.2, 0) is 19.1 Å². The Balaban J connectivity index is 2.51. The summed E-state index contributed by atoms with van der Waals surface area (Å²) in [4.78, 5) is 24.0. The quantitative estimate of drug-likeness (QED) is 0.471. The zero-order chi connectivity index (χ0) is 14.9. The molecule has 2 rings (SSSR count). The van der Waals surface area contributed by atoms with E-state index in [2.05, 4.69) is 0 Å². The number of ether oxygens (including phenoxy) is 3. The first kappa shape index (κ1) is 14.1. The number of cyclic esters (lactones) is 2. The Hall–Kier alpha value is -2.30. The molecular weight excluding hydrogens is 260 g/mol. The van der Waals surface area contributed by atoms with Crippen LogP contribution >= 0.6 is 0 Å². The number of esters is 2. The SMILES string of the molecule is COc1ccccc1C(C)=C1C(=O)OC(C)(C)OC1=O. The molecule has 1 heterocycles. The Morgan fingerprint density at radius 2 is 1.65 bits per heavy atom. The van der Waals surface area contributed by atoms with Crippen LogP contribution in [0.4, 0.5) is 0 Å². The second kappa shape index (κ2) is 5.00. The number of rotatable bonds is 2. The zero-order valence-corrected chi connectivity index (χ0v) is 11.9. The summed E-state index contributed by atoms with van der Waals surface area (Å²) in [6, 6.07) is 7.12. The van der Waals surface area contributed by atoms with Crippen molar-refractivity contribution in [2.75, 3.05) is 7.11 Å². The number of carbonyl (C=O) groups is 2. The maximum atomic E-state index is 12.0. The van der Waals surface area contributed by atoms with E-state index in [4.69, 9.17) is 14.2 Å². The molecular formula is C15H16O5. The van der Waals surface area contributed by atoms with Gasteiger partial charge in [0.1, 0.15) is 11.3 Å². The predicted molar refractivity (Wildman–Crippen MR) is 71.9 cm³/mol. The van der Waals surface area contributed by atoms with Gasteiger partial charge in [-0.3, -0.25) is 0 Å². The van der Waals surface area contributed by atoms with E-state index >= 15 is 0 Å². The fourth-order valence-electron chi connectivity index (χ4n) is 2.05. The molecule has 1 saturated heterocycles. The van der Waals surface area contributed by atoms with Crippen molar-refractivity contribution in [1.29, 1.82) is 0 Å². The van der Waals surface area contributed by atoms with Gasteiger partial charge in [0.05, 0.1) is 7.11 Å². The van der Waals surface area contributed by atoms with Crippen molar-refractivity contribution in [2.45, 2.75) is 26.6 Å². The first-order valence-corrected chi connectivity index (χ1v) is 6.16. The standard InChI is InChI=1S/C15H16O5/c1-9(10-7-5-6-8-11(10)18-4)12-13(16)19-15(2,3)20-14(12)17/h5-8H,1-4H3. The van der Waals surface area contributed by atoms with Gasteiger partial charge in [-0.15, -0.1) is 0 Å². The van der Waals surface area contributed by atoms with Crippen LogP contribution in [0.1, 0.15) is 26.3 Å². The van der Waals surface area contributed by atoms with E-state index in [9.17, 15) is 9.59 Å². The summed E-state index contributed by atoms with van der Waals surface area (Å²) < 4.78 is 15.4. The lowest BCUT2D eigenvalue weighted by Crippen LogP contribution is -2.42. The number of hydrogen-bond acceptors (Lipinski definition) is 5. The second-order valence-corrected chi connectivity index (χ2v) is 4.88. The summed E-state index contributed by atoms with van der Waals surface area (Å²) in [5.74, 6) is -2.04. The van der Waals surface area contributed by atoms with E-state index in [1.54, 1.807) is 31.2 Å². The highest BCUT2D eigenvalue weighted by Gasteiger charge is 2.40. The molecule has 0 N–H and O–H groups in total. The summed E-state index contributed by atoms with van der Waals surface area (Å²) >= 11 is 0. The van der Waals surface area contributed by atoms with Gasteiger partial charge in [-0.25, -0.2) is 9.59 Å². The molecule has 0 amide bonds. The highest BCUT2D eigenvalue weighted by Crippen LogP contribution is 2.32. The van der Waals surface area contributed by atoms with E-state index < -0.39 is 17.7 Å². The highest BCUT2D eigenvalue weighted by molar-refractivity contribution is 6.21. The Kier molecular flexibility index (Phi) is 3.53. The molecule has 1 aliphatic heterocycles. The largest absolute Gasteiger partial charge is 0.496 e. The van der Waals surface area contributed by atoms with E-state index in [1.165, 1.54) is 21.0 Å². The number of methoxy groups -OCH3 is 1. The molecule has 1 aromatic carbocycles. The molecule has 1 aromatic rings. The molecule has 0 atom stereocenters. The van der Waals surface area contributed by atoms with Gasteiger partial charge in [0.25, 0.3) is 5.79 Å². The van der Waals surface area contributed by atoms with Crippen LogP contribution in [0, 0.1) is 0 Å². The molecule has 0 aliphatic carbocycles. The fourth-order valence-corrected chi connectivity index (χ4v) is 2.05. The predicted octanol–water partition coefficient (Wildman–Crippen LogP) is 2.30. The smallest absolute Gasteiger partial charge is 0.349 e. The maximum absolute atomic E-state index is 12.0. The Labute approximate surface area is 117 Å². The average Bonchev–Trinajstić information content (AvgIpc) is 2.36. The van der Waals surface area contributed by atoms with Gasteiger partial charge in [0, 0.05) is 19.4 Å². The molecule has 0 bridgehead atoms. The summed E-state index contributed by atoms with van der Waals surface area (Å²) in [5.41, 5.74) is 1.01. The fraction of sp³-hybridized carbons (Fsp3) is 0.333. The number of benzene rings is 1. The summed E-state index contributed by atoms with van der Waals surface area (Å²) in [6.07, 6.45) is 0. The van der Waals surface area contributed by atoms with Crippen LogP contribution in [0.3, 0.4) is 0 Å². The topological polar surface area (TPSA) is 61.8 Å². The Morgan fingerprint density at radius 1 is 1.10 bits per heavy atom. The third-order valence-electron chi connectivity index (χ3n) is 2.97. The summed E-state index contributed by atoms with van der Waals surface area (Å²) in [6.45, 7) is 4.68. The Bertz CT molecular complexity index is 576. The van der Waals surface area contributed by atoms with Gasteiger partial charge in [0.15, 0.2) is 0 Å². The van der Waals surface area contributed by atoms with E-state index in [0.717, 1.165) is 0 Å². The minimum absolute atomic E-state index is 0.103. The van der Waals surface area contributed by atoms with Crippen molar-refractivity contribution in [3.05, 3.63) is 35.4 Å². The molecule has 0 radical (unpaired) electrons. The van der Waals surface area contributed by atoms with Crippen LogP contribution in [0.15, 0.2) is 29.8 Å². The third-order valence-corrected chi connectivity index (χ3v) is 2.97. The molecule has 0 saturated carbocycles. The highest BCUT2D eigenvalue weighted by atomic mass is 16.7. The van der Waals surface area contributed by atoms with E-state index in [0.29, 0.717) is 16.9 Å². The number of carbonyl (C=O) groups excluding carboxylic acids is 2. The van der Waals surface area contributed by atoms with Crippen LogP contribution in [0.5, 0.6) is 5.75 Å². The van der Waals surface area contributed by atoms with E-state index in [1.807, 2.05) is 0 Å². The molecule has 106 valence electrons. The lowest BCUT2D eigenvalue weighted by Gasteiger charge is -2.30. The number of allylic oxidation sites excluding steroid dienone is 1. The van der Waals surface area contributed by atoms with Crippen molar-refractivity contribution in [1.82, 2.24) is 0 Å². The minimum atomic E-state index is -1.24. The maximum Gasteiger partial charge on any atom is 0.349 e. The van der Waals surface area contributed by atoms with Crippen molar-refractivity contribution < 1.29 is 23.8 Å². The third kappa shape index (κ3) is 2.52. The normalized spacial score (nSPS) is 17.3. The van der Waals surface area contributed by atoms with Crippen molar-refractivity contribution in [3.63, 3.8) is 0 Å². The molecule has 20 heavy (non-hydrogen) atoms. The van der Waals surface area contributed by atoms with Gasteiger partial charge < -0.3 is 14.2 Å². The lowest BCUT2D eigenvalue weighted by atomic mass is 9.99. The van der Waals surface area contributed by atoms with Gasteiger partial charge in [-0.05, 0) is 18.6 Å². The van der Waals surface area contributed by atoms with Crippen molar-refractivity contribution in [2.24, 2.45) is 0 Å². The molecule has 0 aromatic heterocycles. The number of para-hydroxylation sites is 1. The first-order valence-electron chi connectivity index (χ1n) is 6.16. The Morgan fingerprint density at radius 3 is 2.20 bits per heavy atom. The van der Waals surface area contributed by atoms with Crippen LogP contribution < -0.4 is 4.74 Å². The molecule has 5 heteroatoms. The molecule has 1 fully saturated rings. The van der Waals surface area contributed by atoms with Crippen molar-refractivity contribution >= 4 is 17.5 Å². The van der Waals surface area contributed by atoms with Gasteiger partial charge in [-0.1, -0.05) is 18.2 Å². The van der Waals surface area contributed by atoms with Crippen LogP contribution in [0.2, 0.25) is 0 Å².